The molecule has 6 heteroatoms. The first kappa shape index (κ1) is 14.9. The smallest absolute Gasteiger partial charge is 0.170 e. The van der Waals surface area contributed by atoms with E-state index >= 15 is 0 Å². The number of ether oxygens (including phenoxy) is 1. The number of methoxy groups -OCH3 is 1. The summed E-state index contributed by atoms with van der Waals surface area (Å²) in [5.41, 5.74) is 0.934. The van der Waals surface area contributed by atoms with Crippen LogP contribution in [0.5, 0.6) is 0 Å². The zero-order valence-electron chi connectivity index (χ0n) is 9.43. The quantitative estimate of drug-likeness (QED) is 0.603. The van der Waals surface area contributed by atoms with Crippen LogP contribution >= 0.6 is 44.1 Å². The zero-order valence-corrected chi connectivity index (χ0v) is 13.4. The van der Waals surface area contributed by atoms with E-state index in [9.17, 15) is 0 Å². The standard InChI is InChI=1S/C11H14Br2N2OS/c1-16-6-2-5-14-11(17)15-10-7-8(12)3-4-9(10)13/h3-4,7H,2,5-6H2,1H3,(H2,14,15,17). The Morgan fingerprint density at radius 3 is 2.88 bits per heavy atom. The molecule has 0 spiro atoms. The third-order valence-electron chi connectivity index (χ3n) is 1.99. The van der Waals surface area contributed by atoms with Crippen molar-refractivity contribution in [3.05, 3.63) is 27.1 Å². The molecule has 94 valence electrons. The Morgan fingerprint density at radius 2 is 2.18 bits per heavy atom. The second-order valence-corrected chi connectivity index (χ2v) is 5.53. The number of thiocarbonyl (C=S) groups is 1. The van der Waals surface area contributed by atoms with Crippen molar-refractivity contribution in [2.24, 2.45) is 0 Å². The molecule has 0 atom stereocenters. The van der Waals surface area contributed by atoms with Crippen molar-refractivity contribution < 1.29 is 4.74 Å². The Labute approximate surface area is 124 Å². The van der Waals surface area contributed by atoms with E-state index in [1.807, 2.05) is 18.2 Å². The summed E-state index contributed by atoms with van der Waals surface area (Å²) < 4.78 is 6.94. The fourth-order valence-corrected chi connectivity index (χ4v) is 2.10. The molecule has 0 saturated carbocycles. The minimum Gasteiger partial charge on any atom is -0.385 e. The van der Waals surface area contributed by atoms with Gasteiger partial charge < -0.3 is 15.4 Å². The van der Waals surface area contributed by atoms with Crippen LogP contribution in [-0.2, 0) is 4.74 Å². The molecule has 0 aliphatic carbocycles. The van der Waals surface area contributed by atoms with Gasteiger partial charge in [-0.25, -0.2) is 0 Å². The highest BCUT2D eigenvalue weighted by molar-refractivity contribution is 9.11. The number of hydrogen-bond acceptors (Lipinski definition) is 2. The number of benzene rings is 1. The van der Waals surface area contributed by atoms with E-state index in [4.69, 9.17) is 17.0 Å². The van der Waals surface area contributed by atoms with Gasteiger partial charge in [0, 0.05) is 29.2 Å². The van der Waals surface area contributed by atoms with E-state index in [0.29, 0.717) is 5.11 Å². The molecule has 17 heavy (non-hydrogen) atoms. The minimum absolute atomic E-state index is 0.611. The van der Waals surface area contributed by atoms with Crippen molar-refractivity contribution in [1.82, 2.24) is 5.32 Å². The number of nitrogens with one attached hydrogen (secondary N) is 2. The molecule has 3 nitrogen and oxygen atoms in total. The van der Waals surface area contributed by atoms with E-state index < -0.39 is 0 Å². The van der Waals surface area contributed by atoms with Gasteiger partial charge in [0.2, 0.25) is 0 Å². The van der Waals surface area contributed by atoms with Gasteiger partial charge in [0.15, 0.2) is 5.11 Å². The van der Waals surface area contributed by atoms with Crippen LogP contribution in [0.2, 0.25) is 0 Å². The van der Waals surface area contributed by atoms with Crippen LogP contribution in [0.25, 0.3) is 0 Å². The fraction of sp³-hybridized carbons (Fsp3) is 0.364. The lowest BCUT2D eigenvalue weighted by atomic mass is 10.3. The Hall–Kier alpha value is -0.170. The molecular weight excluding hydrogens is 368 g/mol. The van der Waals surface area contributed by atoms with Crippen LogP contribution in [0.15, 0.2) is 27.1 Å². The summed E-state index contributed by atoms with van der Waals surface area (Å²) in [7, 11) is 1.69. The molecule has 2 N–H and O–H groups in total. The Morgan fingerprint density at radius 1 is 1.41 bits per heavy atom. The van der Waals surface area contributed by atoms with E-state index in [1.54, 1.807) is 7.11 Å². The highest BCUT2D eigenvalue weighted by atomic mass is 79.9. The van der Waals surface area contributed by atoms with E-state index in [0.717, 1.165) is 34.2 Å². The van der Waals surface area contributed by atoms with Crippen LogP contribution in [-0.4, -0.2) is 25.4 Å². The Bertz CT molecular complexity index is 388. The molecule has 0 aliphatic heterocycles. The summed E-state index contributed by atoms with van der Waals surface area (Å²) in [6.07, 6.45) is 0.929. The van der Waals surface area contributed by atoms with Gasteiger partial charge in [-0.2, -0.15) is 0 Å². The largest absolute Gasteiger partial charge is 0.385 e. The molecule has 0 unspecified atom stereocenters. The number of hydrogen-bond donors (Lipinski definition) is 2. The van der Waals surface area contributed by atoms with Gasteiger partial charge >= 0.3 is 0 Å². The van der Waals surface area contributed by atoms with Crippen LogP contribution in [0.1, 0.15) is 6.42 Å². The van der Waals surface area contributed by atoms with Crippen molar-refractivity contribution >= 4 is 54.9 Å². The first-order valence-electron chi connectivity index (χ1n) is 5.12. The summed E-state index contributed by atoms with van der Waals surface area (Å²) in [5, 5.41) is 6.86. The van der Waals surface area contributed by atoms with Crippen LogP contribution in [0.3, 0.4) is 0 Å². The van der Waals surface area contributed by atoms with Crippen molar-refractivity contribution in [1.29, 1.82) is 0 Å². The average Bonchev–Trinajstić information content (AvgIpc) is 2.29. The van der Waals surface area contributed by atoms with Crippen molar-refractivity contribution in [3.63, 3.8) is 0 Å². The van der Waals surface area contributed by atoms with Crippen molar-refractivity contribution in [2.45, 2.75) is 6.42 Å². The molecule has 1 aromatic rings. The maximum atomic E-state index is 5.19. The van der Waals surface area contributed by atoms with Crippen LogP contribution in [0.4, 0.5) is 5.69 Å². The minimum atomic E-state index is 0.611. The third-order valence-corrected chi connectivity index (χ3v) is 3.42. The fourth-order valence-electron chi connectivity index (χ4n) is 1.18. The van der Waals surface area contributed by atoms with Crippen molar-refractivity contribution in [3.8, 4) is 0 Å². The summed E-state index contributed by atoms with van der Waals surface area (Å²) >= 11 is 12.1. The molecule has 0 radical (unpaired) electrons. The number of rotatable bonds is 5. The molecule has 0 aromatic heterocycles. The topological polar surface area (TPSA) is 33.3 Å². The zero-order chi connectivity index (χ0) is 12.7. The predicted octanol–water partition coefficient (Wildman–Crippen LogP) is 3.53. The SMILES string of the molecule is COCCCNC(=S)Nc1cc(Br)ccc1Br. The molecular formula is C11H14Br2N2OS. The maximum absolute atomic E-state index is 5.19. The van der Waals surface area contributed by atoms with Gasteiger partial charge in [0.25, 0.3) is 0 Å². The molecule has 1 rings (SSSR count). The Kier molecular flexibility index (Phi) is 7.03. The molecule has 0 bridgehead atoms. The molecule has 0 amide bonds. The first-order valence-corrected chi connectivity index (χ1v) is 7.11. The van der Waals surface area contributed by atoms with Crippen molar-refractivity contribution in [2.75, 3.05) is 25.6 Å². The van der Waals surface area contributed by atoms with Crippen LogP contribution < -0.4 is 10.6 Å². The van der Waals surface area contributed by atoms with E-state index in [1.165, 1.54) is 0 Å². The summed E-state index contributed by atoms with van der Waals surface area (Å²) in [6, 6.07) is 5.89. The lowest BCUT2D eigenvalue weighted by Gasteiger charge is -2.12. The molecule has 0 aliphatic rings. The monoisotopic (exact) mass is 380 g/mol. The molecule has 0 heterocycles. The first-order chi connectivity index (χ1) is 8.13. The van der Waals surface area contributed by atoms with E-state index in [2.05, 4.69) is 42.5 Å². The highest BCUT2D eigenvalue weighted by Crippen LogP contribution is 2.25. The second kappa shape index (κ2) is 8.02. The normalized spacial score (nSPS) is 10.1. The third kappa shape index (κ3) is 5.81. The van der Waals surface area contributed by atoms with Gasteiger partial charge in [-0.05, 0) is 52.8 Å². The summed E-state index contributed by atoms with van der Waals surface area (Å²) in [6.45, 7) is 1.53. The second-order valence-electron chi connectivity index (χ2n) is 3.35. The summed E-state index contributed by atoms with van der Waals surface area (Å²) in [5.74, 6) is 0. The lowest BCUT2D eigenvalue weighted by molar-refractivity contribution is 0.196. The van der Waals surface area contributed by atoms with Gasteiger partial charge in [0.05, 0.1) is 5.69 Å². The van der Waals surface area contributed by atoms with Gasteiger partial charge in [0.1, 0.15) is 0 Å². The lowest BCUT2D eigenvalue weighted by Crippen LogP contribution is -2.29. The maximum Gasteiger partial charge on any atom is 0.170 e. The summed E-state index contributed by atoms with van der Waals surface area (Å²) in [4.78, 5) is 0. The Balaban J connectivity index is 2.42. The molecule has 1 aromatic carbocycles. The highest BCUT2D eigenvalue weighted by Gasteiger charge is 2.02. The number of anilines is 1. The average molecular weight is 382 g/mol. The van der Waals surface area contributed by atoms with Gasteiger partial charge in [-0.1, -0.05) is 15.9 Å². The molecule has 0 saturated heterocycles. The van der Waals surface area contributed by atoms with E-state index in [-0.39, 0.29) is 0 Å². The number of halogens is 2. The molecule has 0 fully saturated rings. The van der Waals surface area contributed by atoms with Gasteiger partial charge in [-0.15, -0.1) is 0 Å². The van der Waals surface area contributed by atoms with Crippen LogP contribution in [0, 0.1) is 0 Å². The van der Waals surface area contributed by atoms with Gasteiger partial charge in [-0.3, -0.25) is 0 Å². The predicted molar refractivity (Wildman–Crippen MR) is 82.6 cm³/mol.